The predicted molar refractivity (Wildman–Crippen MR) is 63.6 cm³/mol. The molecule has 0 amide bonds. The number of nitrogens with zero attached hydrogens (tertiary/aromatic N) is 2. The minimum atomic E-state index is 0.210. The number of nitrogens with two attached hydrogens (primary N) is 1. The quantitative estimate of drug-likeness (QED) is 0.825. The number of hydrogen-bond donors (Lipinski definition) is 1. The monoisotopic (exact) mass is 209 g/mol. The zero-order chi connectivity index (χ0) is 11.5. The van der Waals surface area contributed by atoms with Gasteiger partial charge < -0.3 is 10.3 Å². The van der Waals surface area contributed by atoms with E-state index in [1.165, 1.54) is 0 Å². The van der Waals surface area contributed by atoms with Crippen LogP contribution in [0.1, 0.15) is 39.4 Å². The summed E-state index contributed by atoms with van der Waals surface area (Å²) in [6, 6.07) is 0.276. The summed E-state index contributed by atoms with van der Waals surface area (Å²) in [5.41, 5.74) is 6.31. The maximum absolute atomic E-state index is 6.10. The average Bonchev–Trinajstić information content (AvgIpc) is 2.50. The van der Waals surface area contributed by atoms with E-state index in [1.807, 2.05) is 19.4 Å². The van der Waals surface area contributed by atoms with E-state index in [4.69, 9.17) is 5.73 Å². The van der Waals surface area contributed by atoms with Gasteiger partial charge in [0.2, 0.25) is 0 Å². The second kappa shape index (κ2) is 4.79. The van der Waals surface area contributed by atoms with Crippen LogP contribution in [0.5, 0.6) is 0 Å². The molecule has 0 saturated heterocycles. The summed E-state index contributed by atoms with van der Waals surface area (Å²) in [4.78, 5) is 4.30. The maximum atomic E-state index is 6.10. The zero-order valence-corrected chi connectivity index (χ0v) is 10.3. The lowest BCUT2D eigenvalue weighted by Crippen LogP contribution is -2.34. The molecule has 0 bridgehead atoms. The molecule has 1 rings (SSSR count). The Kier molecular flexibility index (Phi) is 3.91. The number of aromatic nitrogens is 2. The molecular formula is C12H23N3. The minimum absolute atomic E-state index is 0.210. The SMILES string of the molecule is Cn1ccnc1CCCC(N)C(C)(C)C. The first-order valence-corrected chi connectivity index (χ1v) is 5.63. The highest BCUT2D eigenvalue weighted by Gasteiger charge is 2.19. The molecule has 0 aliphatic heterocycles. The van der Waals surface area contributed by atoms with Gasteiger partial charge in [0.1, 0.15) is 5.82 Å². The molecule has 1 atom stereocenters. The lowest BCUT2D eigenvalue weighted by Gasteiger charge is -2.26. The first-order chi connectivity index (χ1) is 6.91. The fraction of sp³-hybridized carbons (Fsp3) is 0.750. The molecule has 15 heavy (non-hydrogen) atoms. The molecule has 0 saturated carbocycles. The Morgan fingerprint density at radius 3 is 2.60 bits per heavy atom. The minimum Gasteiger partial charge on any atom is -0.338 e. The number of rotatable bonds is 4. The van der Waals surface area contributed by atoms with E-state index in [-0.39, 0.29) is 11.5 Å². The smallest absolute Gasteiger partial charge is 0.108 e. The van der Waals surface area contributed by atoms with Gasteiger partial charge in [-0.05, 0) is 18.3 Å². The van der Waals surface area contributed by atoms with Crippen molar-refractivity contribution >= 4 is 0 Å². The molecule has 3 heteroatoms. The van der Waals surface area contributed by atoms with Crippen LogP contribution < -0.4 is 5.73 Å². The Morgan fingerprint density at radius 1 is 1.47 bits per heavy atom. The third-order valence-corrected chi connectivity index (χ3v) is 2.95. The third-order valence-electron chi connectivity index (χ3n) is 2.95. The second-order valence-electron chi connectivity index (χ2n) is 5.32. The molecule has 1 heterocycles. The molecule has 0 aromatic carbocycles. The molecule has 0 fully saturated rings. The number of imidazole rings is 1. The van der Waals surface area contributed by atoms with E-state index in [2.05, 4.69) is 30.3 Å². The van der Waals surface area contributed by atoms with Crippen molar-refractivity contribution < 1.29 is 0 Å². The molecule has 1 aromatic rings. The van der Waals surface area contributed by atoms with Crippen LogP contribution in [0.3, 0.4) is 0 Å². The first-order valence-electron chi connectivity index (χ1n) is 5.63. The van der Waals surface area contributed by atoms with Crippen molar-refractivity contribution in [3.8, 4) is 0 Å². The van der Waals surface area contributed by atoms with Crippen molar-refractivity contribution in [2.75, 3.05) is 0 Å². The van der Waals surface area contributed by atoms with Gasteiger partial charge in [-0.15, -0.1) is 0 Å². The summed E-state index contributed by atoms with van der Waals surface area (Å²) < 4.78 is 2.07. The van der Waals surface area contributed by atoms with Gasteiger partial charge in [0.15, 0.2) is 0 Å². The average molecular weight is 209 g/mol. The molecule has 0 aliphatic carbocycles. The third kappa shape index (κ3) is 3.67. The molecule has 2 N–H and O–H groups in total. The van der Waals surface area contributed by atoms with Crippen molar-refractivity contribution in [3.63, 3.8) is 0 Å². The van der Waals surface area contributed by atoms with Crippen molar-refractivity contribution in [3.05, 3.63) is 18.2 Å². The highest BCUT2D eigenvalue weighted by Crippen LogP contribution is 2.21. The van der Waals surface area contributed by atoms with E-state index < -0.39 is 0 Å². The van der Waals surface area contributed by atoms with Gasteiger partial charge in [-0.3, -0.25) is 0 Å². The van der Waals surface area contributed by atoms with Crippen LogP contribution in [0.4, 0.5) is 0 Å². The van der Waals surface area contributed by atoms with Crippen LogP contribution in [0.25, 0.3) is 0 Å². The van der Waals surface area contributed by atoms with Crippen molar-refractivity contribution in [1.82, 2.24) is 9.55 Å². The highest BCUT2D eigenvalue weighted by molar-refractivity contribution is 4.91. The molecule has 0 aliphatic rings. The van der Waals surface area contributed by atoms with E-state index in [0.717, 1.165) is 25.1 Å². The Morgan fingerprint density at radius 2 is 2.13 bits per heavy atom. The van der Waals surface area contributed by atoms with Crippen molar-refractivity contribution in [1.29, 1.82) is 0 Å². The highest BCUT2D eigenvalue weighted by atomic mass is 15.0. The van der Waals surface area contributed by atoms with E-state index >= 15 is 0 Å². The predicted octanol–water partition coefficient (Wildman–Crippen LogP) is 2.12. The van der Waals surface area contributed by atoms with Gasteiger partial charge >= 0.3 is 0 Å². The van der Waals surface area contributed by atoms with Gasteiger partial charge in [-0.25, -0.2) is 4.98 Å². The summed E-state index contributed by atoms with van der Waals surface area (Å²) >= 11 is 0. The zero-order valence-electron chi connectivity index (χ0n) is 10.3. The van der Waals surface area contributed by atoms with Crippen molar-refractivity contribution in [2.45, 2.75) is 46.1 Å². The van der Waals surface area contributed by atoms with Gasteiger partial charge in [0.05, 0.1) is 0 Å². The molecule has 86 valence electrons. The molecule has 3 nitrogen and oxygen atoms in total. The Hall–Kier alpha value is -0.830. The maximum Gasteiger partial charge on any atom is 0.108 e. The number of hydrogen-bond acceptors (Lipinski definition) is 2. The molecule has 0 radical (unpaired) electrons. The van der Waals surface area contributed by atoms with E-state index in [1.54, 1.807) is 0 Å². The normalized spacial score (nSPS) is 14.2. The van der Waals surface area contributed by atoms with Gasteiger partial charge in [0.25, 0.3) is 0 Å². The Labute approximate surface area is 92.7 Å². The lowest BCUT2D eigenvalue weighted by atomic mass is 9.84. The topological polar surface area (TPSA) is 43.8 Å². The van der Waals surface area contributed by atoms with Gasteiger partial charge in [0, 0.05) is 31.9 Å². The first kappa shape index (κ1) is 12.2. The van der Waals surface area contributed by atoms with Crippen molar-refractivity contribution in [2.24, 2.45) is 18.2 Å². The van der Waals surface area contributed by atoms with Crippen LogP contribution >= 0.6 is 0 Å². The summed E-state index contributed by atoms with van der Waals surface area (Å²) in [5, 5.41) is 0. The van der Waals surface area contributed by atoms with Gasteiger partial charge in [-0.2, -0.15) is 0 Å². The molecule has 1 unspecified atom stereocenters. The Bertz CT molecular complexity index is 296. The summed E-state index contributed by atoms with van der Waals surface area (Å²) in [7, 11) is 2.03. The summed E-state index contributed by atoms with van der Waals surface area (Å²) in [5.74, 6) is 1.15. The van der Waals surface area contributed by atoms with Gasteiger partial charge in [-0.1, -0.05) is 20.8 Å². The van der Waals surface area contributed by atoms with E-state index in [9.17, 15) is 0 Å². The summed E-state index contributed by atoms with van der Waals surface area (Å²) in [6.07, 6.45) is 7.03. The summed E-state index contributed by atoms with van der Waals surface area (Å²) in [6.45, 7) is 6.58. The largest absolute Gasteiger partial charge is 0.338 e. The fourth-order valence-corrected chi connectivity index (χ4v) is 1.55. The number of aryl methyl sites for hydroxylation is 2. The molecule has 1 aromatic heterocycles. The van der Waals surface area contributed by atoms with Crippen LogP contribution in [-0.2, 0) is 13.5 Å². The molecule has 0 spiro atoms. The Balaban J connectivity index is 2.31. The van der Waals surface area contributed by atoms with Crippen LogP contribution in [0.2, 0.25) is 0 Å². The van der Waals surface area contributed by atoms with Crippen LogP contribution in [0.15, 0.2) is 12.4 Å². The standard InChI is InChI=1S/C12H23N3/c1-12(2,3)10(13)6-5-7-11-14-8-9-15(11)4/h8-10H,5-7,13H2,1-4H3. The van der Waals surface area contributed by atoms with Crippen LogP contribution in [-0.4, -0.2) is 15.6 Å². The van der Waals surface area contributed by atoms with E-state index in [0.29, 0.717) is 0 Å². The lowest BCUT2D eigenvalue weighted by molar-refractivity contribution is 0.300. The second-order valence-corrected chi connectivity index (χ2v) is 5.32. The molecular weight excluding hydrogens is 186 g/mol. The van der Waals surface area contributed by atoms with Crippen LogP contribution in [0, 0.1) is 5.41 Å². The fourth-order valence-electron chi connectivity index (χ4n) is 1.55.